The van der Waals surface area contributed by atoms with E-state index in [1.165, 1.54) is 19.2 Å². The van der Waals surface area contributed by atoms with Crippen LogP contribution >= 0.6 is 11.6 Å². The zero-order valence-corrected chi connectivity index (χ0v) is 21.6. The number of aromatic nitrogens is 3. The van der Waals surface area contributed by atoms with E-state index < -0.39 is 56.6 Å². The van der Waals surface area contributed by atoms with E-state index in [4.69, 9.17) is 11.6 Å². The first-order valence-corrected chi connectivity index (χ1v) is 13.7. The van der Waals surface area contributed by atoms with Crippen molar-refractivity contribution in [2.45, 2.75) is 18.6 Å². The van der Waals surface area contributed by atoms with Crippen molar-refractivity contribution >= 4 is 33.0 Å². The zero-order chi connectivity index (χ0) is 28.3. The quantitative estimate of drug-likeness (QED) is 0.241. The van der Waals surface area contributed by atoms with Crippen molar-refractivity contribution in [1.29, 1.82) is 0 Å². The summed E-state index contributed by atoms with van der Waals surface area (Å²) in [5.41, 5.74) is -2.55. The normalized spacial score (nSPS) is 17.1. The molecule has 0 aliphatic carbocycles. The van der Waals surface area contributed by atoms with Gasteiger partial charge in [0.05, 0.1) is 28.3 Å². The molecule has 4 aromatic rings. The Kier molecular flexibility index (Phi) is 6.62. The molecule has 0 radical (unpaired) electrons. The number of carbonyl (C=O) groups is 1. The molecule has 1 fully saturated rings. The molecule has 1 aliphatic rings. The van der Waals surface area contributed by atoms with Crippen LogP contribution in [0.2, 0.25) is 5.02 Å². The Morgan fingerprint density at radius 1 is 1.08 bits per heavy atom. The van der Waals surface area contributed by atoms with Crippen LogP contribution in [0.25, 0.3) is 28.0 Å². The minimum Gasteiger partial charge on any atom is -0.337 e. The largest absolute Gasteiger partial charge is 0.416 e. The fraction of sp³-hybridized carbons (Fsp3) is 0.240. The second-order valence-electron chi connectivity index (χ2n) is 9.06. The SMILES string of the molecule is CN(C(=O)c1c(F)nn2c(-c3ccc(C(F)(F)F)cc3)c(-c3ccccc3Cl)c(F)nc12)C1CCS(=O)(=O)C1. The minimum atomic E-state index is -4.64. The number of hydrogen-bond donors (Lipinski definition) is 0. The summed E-state index contributed by atoms with van der Waals surface area (Å²) in [4.78, 5) is 18.1. The predicted molar refractivity (Wildman–Crippen MR) is 133 cm³/mol. The molecule has 0 N–H and O–H groups in total. The van der Waals surface area contributed by atoms with Crippen molar-refractivity contribution in [3.8, 4) is 22.4 Å². The van der Waals surface area contributed by atoms with Gasteiger partial charge in [0.25, 0.3) is 5.91 Å². The number of nitrogens with zero attached hydrogens (tertiary/aromatic N) is 4. The number of halogens is 6. The number of benzene rings is 2. The molecule has 14 heteroatoms. The van der Waals surface area contributed by atoms with E-state index in [-0.39, 0.29) is 45.3 Å². The lowest BCUT2D eigenvalue weighted by molar-refractivity contribution is -0.137. The lowest BCUT2D eigenvalue weighted by atomic mass is 9.99. The van der Waals surface area contributed by atoms with Crippen LogP contribution in [-0.2, 0) is 16.0 Å². The molecular formula is C25H18ClF5N4O3S. The van der Waals surface area contributed by atoms with E-state index in [1.807, 2.05) is 0 Å². The lowest BCUT2D eigenvalue weighted by Gasteiger charge is -2.23. The van der Waals surface area contributed by atoms with Crippen LogP contribution in [0.15, 0.2) is 48.5 Å². The number of fused-ring (bicyclic) bond motifs is 1. The molecule has 1 saturated heterocycles. The first kappa shape index (κ1) is 27.0. The van der Waals surface area contributed by atoms with Crippen molar-refractivity contribution in [3.05, 3.63) is 76.6 Å². The van der Waals surface area contributed by atoms with E-state index in [0.717, 1.165) is 33.7 Å². The number of alkyl halides is 3. The van der Waals surface area contributed by atoms with E-state index in [1.54, 1.807) is 12.1 Å². The van der Waals surface area contributed by atoms with Crippen LogP contribution in [0.3, 0.4) is 0 Å². The standard InChI is InChI=1S/C25H18ClF5N4O3S/c1-34(15-10-11-39(37,38)12-15)24(36)19-22(28)33-35-20(13-6-8-14(9-7-13)25(29,30)31)18(21(27)32-23(19)35)16-4-2-3-5-17(16)26/h2-9,15H,10-12H2,1H3. The number of amides is 1. The van der Waals surface area contributed by atoms with Gasteiger partial charge < -0.3 is 4.90 Å². The molecule has 0 saturated carbocycles. The monoisotopic (exact) mass is 584 g/mol. The number of sulfone groups is 1. The van der Waals surface area contributed by atoms with Crippen LogP contribution in [0.4, 0.5) is 22.0 Å². The number of rotatable bonds is 4. The van der Waals surface area contributed by atoms with Gasteiger partial charge in [-0.2, -0.15) is 26.9 Å². The third-order valence-corrected chi connectivity index (χ3v) is 8.68. The smallest absolute Gasteiger partial charge is 0.337 e. The summed E-state index contributed by atoms with van der Waals surface area (Å²) < 4.78 is 95.2. The van der Waals surface area contributed by atoms with Crippen LogP contribution in [0, 0.1) is 11.9 Å². The lowest BCUT2D eigenvalue weighted by Crippen LogP contribution is -2.38. The first-order valence-electron chi connectivity index (χ1n) is 11.5. The van der Waals surface area contributed by atoms with Crippen LogP contribution in [0.5, 0.6) is 0 Å². The highest BCUT2D eigenvalue weighted by molar-refractivity contribution is 7.91. The summed E-state index contributed by atoms with van der Waals surface area (Å²) in [6, 6.07) is 8.97. The van der Waals surface area contributed by atoms with Crippen molar-refractivity contribution in [2.75, 3.05) is 18.6 Å². The Hall–Kier alpha value is -3.58. The molecule has 1 aliphatic heterocycles. The Morgan fingerprint density at radius 3 is 2.33 bits per heavy atom. The third kappa shape index (κ3) is 4.84. The van der Waals surface area contributed by atoms with Gasteiger partial charge in [-0.05, 0) is 24.6 Å². The maximum absolute atomic E-state index is 15.7. The maximum Gasteiger partial charge on any atom is 0.416 e. The highest BCUT2D eigenvalue weighted by Crippen LogP contribution is 2.39. The van der Waals surface area contributed by atoms with E-state index in [2.05, 4.69) is 10.1 Å². The van der Waals surface area contributed by atoms with Crippen LogP contribution in [0.1, 0.15) is 22.3 Å². The van der Waals surface area contributed by atoms with Gasteiger partial charge in [-0.15, -0.1) is 5.10 Å². The molecule has 5 rings (SSSR count). The first-order chi connectivity index (χ1) is 18.3. The molecule has 1 unspecified atom stereocenters. The number of hydrogen-bond acceptors (Lipinski definition) is 5. The van der Waals surface area contributed by atoms with Gasteiger partial charge in [0.15, 0.2) is 15.5 Å². The minimum absolute atomic E-state index is 0.0148. The summed E-state index contributed by atoms with van der Waals surface area (Å²) in [5, 5.41) is 3.85. The van der Waals surface area contributed by atoms with Gasteiger partial charge in [-0.1, -0.05) is 41.9 Å². The maximum atomic E-state index is 15.7. The van der Waals surface area contributed by atoms with Gasteiger partial charge in [0.2, 0.25) is 11.9 Å². The molecular weight excluding hydrogens is 567 g/mol. The molecule has 204 valence electrons. The molecule has 7 nitrogen and oxygen atoms in total. The molecule has 2 aromatic heterocycles. The Morgan fingerprint density at radius 2 is 1.74 bits per heavy atom. The van der Waals surface area contributed by atoms with Gasteiger partial charge >= 0.3 is 6.18 Å². The van der Waals surface area contributed by atoms with Crippen LogP contribution < -0.4 is 0 Å². The summed E-state index contributed by atoms with van der Waals surface area (Å²) in [7, 11) is -2.08. The highest BCUT2D eigenvalue weighted by Gasteiger charge is 2.37. The van der Waals surface area contributed by atoms with Crippen molar-refractivity contribution in [3.63, 3.8) is 0 Å². The van der Waals surface area contributed by atoms with E-state index >= 15 is 8.78 Å². The summed E-state index contributed by atoms with van der Waals surface area (Å²) >= 11 is 6.29. The van der Waals surface area contributed by atoms with Gasteiger partial charge in [0.1, 0.15) is 5.56 Å². The second kappa shape index (κ2) is 9.56. The molecule has 0 spiro atoms. The summed E-state index contributed by atoms with van der Waals surface area (Å²) in [5.74, 6) is -3.92. The summed E-state index contributed by atoms with van der Waals surface area (Å²) in [6.07, 6.45) is -4.50. The Labute approximate surface area is 223 Å². The predicted octanol–water partition coefficient (Wildman–Crippen LogP) is 5.27. The summed E-state index contributed by atoms with van der Waals surface area (Å²) in [6.45, 7) is 0. The van der Waals surface area contributed by atoms with Crippen LogP contribution in [-0.4, -0.2) is 58.4 Å². The van der Waals surface area contributed by atoms with E-state index in [9.17, 15) is 26.4 Å². The molecule has 0 bridgehead atoms. The van der Waals surface area contributed by atoms with Gasteiger partial charge in [-0.3, -0.25) is 4.79 Å². The molecule has 39 heavy (non-hydrogen) atoms. The van der Waals surface area contributed by atoms with Gasteiger partial charge in [0, 0.05) is 29.2 Å². The molecule has 1 atom stereocenters. The average molecular weight is 585 g/mol. The topological polar surface area (TPSA) is 84.6 Å². The molecule has 2 aromatic carbocycles. The van der Waals surface area contributed by atoms with Crippen molar-refractivity contribution < 1.29 is 35.2 Å². The van der Waals surface area contributed by atoms with Crippen molar-refractivity contribution in [2.24, 2.45) is 0 Å². The zero-order valence-electron chi connectivity index (χ0n) is 20.0. The van der Waals surface area contributed by atoms with E-state index in [0.29, 0.717) is 0 Å². The van der Waals surface area contributed by atoms with Gasteiger partial charge in [-0.25, -0.2) is 12.9 Å². The highest BCUT2D eigenvalue weighted by atomic mass is 35.5. The Balaban J connectivity index is 1.74. The van der Waals surface area contributed by atoms with Crippen molar-refractivity contribution in [1.82, 2.24) is 19.5 Å². The second-order valence-corrected chi connectivity index (χ2v) is 11.7. The fourth-order valence-corrected chi connectivity index (χ4v) is 6.59. The molecule has 3 heterocycles. The number of carbonyl (C=O) groups excluding carboxylic acids is 1. The Bertz CT molecular complexity index is 1720. The third-order valence-electron chi connectivity index (χ3n) is 6.60. The average Bonchev–Trinajstić information content (AvgIpc) is 3.40. The fourth-order valence-electron chi connectivity index (χ4n) is 4.59. The molecule has 1 amide bonds.